The minimum Gasteiger partial charge on any atom is -0.619 e. The summed E-state index contributed by atoms with van der Waals surface area (Å²) in [5.41, 5.74) is -0.0363. The monoisotopic (exact) mass is 552 g/mol. The van der Waals surface area contributed by atoms with Gasteiger partial charge in [0.25, 0.3) is 0 Å². The summed E-state index contributed by atoms with van der Waals surface area (Å²) in [7, 11) is 0. The predicted octanol–water partition coefficient (Wildman–Crippen LogP) is 5.75. The van der Waals surface area contributed by atoms with E-state index in [0.717, 1.165) is 17.4 Å². The van der Waals surface area contributed by atoms with E-state index in [0.29, 0.717) is 26.3 Å². The number of nitrogens with zero attached hydrogens (tertiary/aromatic N) is 2. The molecule has 200 valence electrons. The minimum atomic E-state index is -3.29. The molecule has 4 aromatic rings. The van der Waals surface area contributed by atoms with Crippen molar-refractivity contribution in [3.05, 3.63) is 111 Å². The molecule has 0 radical (unpaired) electrons. The van der Waals surface area contributed by atoms with Gasteiger partial charge in [0, 0.05) is 29.1 Å². The fraction of sp³-hybridized carbons (Fsp3) is 0.231. The fourth-order valence-corrected chi connectivity index (χ4v) is 5.00. The van der Waals surface area contributed by atoms with Crippen LogP contribution in [0.15, 0.2) is 73.2 Å². The van der Waals surface area contributed by atoms with Crippen LogP contribution in [-0.4, -0.2) is 23.3 Å². The van der Waals surface area contributed by atoms with Gasteiger partial charge in [0.15, 0.2) is 23.9 Å². The van der Waals surface area contributed by atoms with Gasteiger partial charge in [-0.05, 0) is 54.3 Å². The highest BCUT2D eigenvalue weighted by Crippen LogP contribution is 2.40. The average Bonchev–Trinajstić information content (AvgIpc) is 3.35. The first-order valence-corrected chi connectivity index (χ1v) is 12.0. The summed E-state index contributed by atoms with van der Waals surface area (Å²) >= 11 is 1.14. The number of rotatable bonds is 10. The first-order valence-electron chi connectivity index (χ1n) is 11.2. The van der Waals surface area contributed by atoms with Crippen molar-refractivity contribution in [2.24, 2.45) is 0 Å². The lowest BCUT2D eigenvalue weighted by molar-refractivity contribution is -0.605. The van der Waals surface area contributed by atoms with Gasteiger partial charge < -0.3 is 19.8 Å². The van der Waals surface area contributed by atoms with Crippen molar-refractivity contribution in [2.75, 3.05) is 0 Å². The molecule has 6 nitrogen and oxygen atoms in total. The van der Waals surface area contributed by atoms with Crippen molar-refractivity contribution in [3.63, 3.8) is 0 Å². The quantitative estimate of drug-likeness (QED) is 0.154. The van der Waals surface area contributed by atoms with Crippen LogP contribution in [0.25, 0.3) is 0 Å². The number of alkyl halides is 4. The van der Waals surface area contributed by atoms with E-state index in [2.05, 4.69) is 14.5 Å². The lowest BCUT2D eigenvalue weighted by Crippen LogP contribution is -2.24. The number of thiazole rings is 1. The van der Waals surface area contributed by atoms with Gasteiger partial charge in [-0.25, -0.2) is 9.37 Å². The molecular weight excluding hydrogens is 531 g/mol. The Morgan fingerprint density at radius 1 is 0.974 bits per heavy atom. The van der Waals surface area contributed by atoms with Gasteiger partial charge in [0.05, 0.1) is 0 Å². The number of benzene rings is 2. The van der Waals surface area contributed by atoms with E-state index < -0.39 is 42.1 Å². The molecule has 0 aliphatic carbocycles. The van der Waals surface area contributed by atoms with E-state index in [1.54, 1.807) is 12.1 Å². The van der Waals surface area contributed by atoms with Gasteiger partial charge in [0.1, 0.15) is 16.4 Å². The van der Waals surface area contributed by atoms with Crippen molar-refractivity contribution >= 4 is 11.3 Å². The Balaban J connectivity index is 1.76. The molecule has 2 unspecified atom stereocenters. The Kier molecular flexibility index (Phi) is 8.12. The Bertz CT molecular complexity index is 1370. The number of aliphatic hydroxyl groups is 1. The molecule has 38 heavy (non-hydrogen) atoms. The van der Waals surface area contributed by atoms with Gasteiger partial charge in [-0.15, -0.1) is 11.3 Å². The third-order valence-electron chi connectivity index (χ3n) is 5.80. The molecule has 0 aliphatic rings. The number of hydrogen-bond donors (Lipinski definition) is 1. The standard InChI is InChI=1S/C26H21F5N2O4S/c1-26(34,17-3-5-18(27)6-4-17)23-32-14-22(38-23)19(12-15-8-10-33(35)11-9-15)16-2-7-20(36-24(28)29)21(13-16)37-25(30)31/h2-11,13-14,19,24-25,34H,12H2,1H3. The second-order valence-electron chi connectivity index (χ2n) is 8.43. The summed E-state index contributed by atoms with van der Waals surface area (Å²) in [5.74, 6) is -2.16. The third-order valence-corrected chi connectivity index (χ3v) is 7.12. The Hall–Kier alpha value is -3.77. The first-order chi connectivity index (χ1) is 18.0. The zero-order valence-electron chi connectivity index (χ0n) is 19.7. The van der Waals surface area contributed by atoms with Crippen molar-refractivity contribution in [1.82, 2.24) is 4.98 Å². The SMILES string of the molecule is CC(O)(c1ccc(F)cc1)c1ncc(C(Cc2cc[n+]([O-])cc2)c2ccc(OC(F)F)c(OC(F)F)c2)s1. The zero-order valence-corrected chi connectivity index (χ0v) is 20.5. The summed E-state index contributed by atoms with van der Waals surface area (Å²) in [6, 6.07) is 12.2. The van der Waals surface area contributed by atoms with Crippen molar-refractivity contribution in [2.45, 2.75) is 38.1 Å². The van der Waals surface area contributed by atoms with Crippen LogP contribution in [0.3, 0.4) is 0 Å². The normalized spacial score (nSPS) is 13.9. The second-order valence-corrected chi connectivity index (χ2v) is 9.50. The van der Waals surface area contributed by atoms with E-state index in [9.17, 15) is 32.3 Å². The van der Waals surface area contributed by atoms with Gasteiger partial charge in [-0.3, -0.25) is 0 Å². The van der Waals surface area contributed by atoms with E-state index in [1.165, 1.54) is 61.9 Å². The van der Waals surface area contributed by atoms with Crippen LogP contribution >= 0.6 is 11.3 Å². The van der Waals surface area contributed by atoms with Crippen LogP contribution < -0.4 is 14.2 Å². The summed E-state index contributed by atoms with van der Waals surface area (Å²) in [4.78, 5) is 4.97. The summed E-state index contributed by atoms with van der Waals surface area (Å²) in [6.45, 7) is -5.03. The van der Waals surface area contributed by atoms with Crippen molar-refractivity contribution < 1.29 is 41.3 Å². The van der Waals surface area contributed by atoms with Crippen LogP contribution in [0.2, 0.25) is 0 Å². The molecule has 0 fully saturated rings. The Morgan fingerprint density at radius 3 is 2.24 bits per heavy atom. The predicted molar refractivity (Wildman–Crippen MR) is 128 cm³/mol. The molecule has 12 heteroatoms. The van der Waals surface area contributed by atoms with Crippen molar-refractivity contribution in [1.29, 1.82) is 0 Å². The lowest BCUT2D eigenvalue weighted by atomic mass is 9.91. The molecule has 0 spiro atoms. The maximum atomic E-state index is 13.4. The number of hydrogen-bond acceptors (Lipinski definition) is 6. The van der Waals surface area contributed by atoms with E-state index in [4.69, 9.17) is 0 Å². The van der Waals surface area contributed by atoms with Crippen LogP contribution in [0, 0.1) is 11.0 Å². The molecule has 2 aromatic heterocycles. The molecule has 0 saturated heterocycles. The molecule has 2 heterocycles. The first kappa shape index (κ1) is 27.3. The molecule has 1 N–H and O–H groups in total. The molecule has 0 amide bonds. The topological polar surface area (TPSA) is 78.5 Å². The van der Waals surface area contributed by atoms with Crippen LogP contribution in [-0.2, 0) is 12.0 Å². The summed E-state index contributed by atoms with van der Waals surface area (Å²) < 4.78 is 74.5. The molecule has 2 atom stereocenters. The lowest BCUT2D eigenvalue weighted by Gasteiger charge is -2.21. The number of halogens is 5. The molecule has 4 rings (SSSR count). The minimum absolute atomic E-state index is 0.268. The van der Waals surface area contributed by atoms with E-state index >= 15 is 0 Å². The van der Waals surface area contributed by atoms with Crippen LogP contribution in [0.5, 0.6) is 11.5 Å². The Labute approximate surface area is 218 Å². The molecule has 0 bridgehead atoms. The third kappa shape index (κ3) is 6.37. The van der Waals surface area contributed by atoms with Gasteiger partial charge in [-0.2, -0.15) is 22.3 Å². The Morgan fingerprint density at radius 2 is 1.61 bits per heavy atom. The van der Waals surface area contributed by atoms with E-state index in [1.807, 2.05) is 0 Å². The second kappa shape index (κ2) is 11.3. The highest BCUT2D eigenvalue weighted by molar-refractivity contribution is 7.11. The maximum absolute atomic E-state index is 13.4. The largest absolute Gasteiger partial charge is 0.619 e. The highest BCUT2D eigenvalue weighted by atomic mass is 32.1. The number of aromatic nitrogens is 2. The fourth-order valence-electron chi connectivity index (χ4n) is 3.89. The molecule has 0 saturated carbocycles. The van der Waals surface area contributed by atoms with Gasteiger partial charge in [0.2, 0.25) is 0 Å². The molecule has 0 aliphatic heterocycles. The summed E-state index contributed by atoms with van der Waals surface area (Å²) in [6.07, 6.45) is 4.38. The average molecular weight is 553 g/mol. The number of pyridine rings is 1. The maximum Gasteiger partial charge on any atom is 0.387 e. The summed E-state index contributed by atoms with van der Waals surface area (Å²) in [5, 5.41) is 23.0. The van der Waals surface area contributed by atoms with Crippen molar-refractivity contribution in [3.8, 4) is 11.5 Å². The zero-order chi connectivity index (χ0) is 27.4. The van der Waals surface area contributed by atoms with Crippen LogP contribution in [0.4, 0.5) is 22.0 Å². The van der Waals surface area contributed by atoms with E-state index in [-0.39, 0.29) is 11.4 Å². The van der Waals surface area contributed by atoms with Crippen LogP contribution in [0.1, 0.15) is 39.4 Å². The molecular formula is C26H21F5N2O4S. The number of ether oxygens (including phenoxy) is 2. The van der Waals surface area contributed by atoms with Gasteiger partial charge >= 0.3 is 13.2 Å². The van der Waals surface area contributed by atoms with Gasteiger partial charge in [-0.1, -0.05) is 18.2 Å². The smallest absolute Gasteiger partial charge is 0.387 e. The molecule has 2 aromatic carbocycles. The highest BCUT2D eigenvalue weighted by Gasteiger charge is 2.31.